The number of aliphatic hydroxyl groups excluding tert-OH is 1. The van der Waals surface area contributed by atoms with Crippen molar-refractivity contribution in [1.29, 1.82) is 0 Å². The summed E-state index contributed by atoms with van der Waals surface area (Å²) in [6.07, 6.45) is 3.31. The molecule has 2 heterocycles. The lowest BCUT2D eigenvalue weighted by Crippen LogP contribution is -2.20. The zero-order valence-corrected chi connectivity index (χ0v) is 14.1. The van der Waals surface area contributed by atoms with Crippen molar-refractivity contribution in [3.05, 3.63) is 83.4 Å². The molecule has 0 bridgehead atoms. The molecule has 1 aromatic heterocycles. The molecule has 0 spiro atoms. The number of nitrogens with zero attached hydrogens (tertiary/aromatic N) is 3. The van der Waals surface area contributed by atoms with E-state index in [1.807, 2.05) is 35.0 Å². The van der Waals surface area contributed by atoms with Crippen LogP contribution in [0.25, 0.3) is 5.70 Å². The Morgan fingerprint density at radius 3 is 2.58 bits per heavy atom. The summed E-state index contributed by atoms with van der Waals surface area (Å²) in [5, 5.41) is 17.0. The van der Waals surface area contributed by atoms with Gasteiger partial charge in [0.1, 0.15) is 11.9 Å². The summed E-state index contributed by atoms with van der Waals surface area (Å²) >= 11 is 0. The van der Waals surface area contributed by atoms with Crippen molar-refractivity contribution in [2.75, 3.05) is 11.9 Å². The Bertz CT molecular complexity index is 919. The molecule has 2 N–H and O–H groups in total. The highest BCUT2D eigenvalue weighted by Gasteiger charge is 2.25. The van der Waals surface area contributed by atoms with Gasteiger partial charge in [0, 0.05) is 18.7 Å². The first-order valence-electron chi connectivity index (χ1n) is 8.60. The minimum absolute atomic E-state index is 0.108. The molecule has 0 saturated heterocycles. The van der Waals surface area contributed by atoms with Crippen LogP contribution in [-0.2, 0) is 6.42 Å². The van der Waals surface area contributed by atoms with Gasteiger partial charge in [0.05, 0.1) is 0 Å². The summed E-state index contributed by atoms with van der Waals surface area (Å²) in [5.41, 5.74) is 2.85. The first kappa shape index (κ1) is 16.5. The SMILES string of the molecule is OCCCc1nc2n(n1)[C@@H](c1ccccc1)C=C(c1ccc(F)cc1)N2. The highest BCUT2D eigenvalue weighted by Crippen LogP contribution is 2.32. The standard InChI is InChI=1S/C20H19FN4O/c21-16-10-8-14(9-11-16)17-13-18(15-5-2-1-3-6-15)25-20(22-17)23-19(24-25)7-4-12-26/h1-3,5-6,8-11,13,18,26H,4,7,12H2,(H,22,23,24)/t18-/m1/s1. The van der Waals surface area contributed by atoms with Gasteiger partial charge >= 0.3 is 0 Å². The second-order valence-corrected chi connectivity index (χ2v) is 6.19. The van der Waals surface area contributed by atoms with Gasteiger partial charge in [-0.05, 0) is 47.9 Å². The molecule has 2 aromatic carbocycles. The number of aliphatic hydroxyl groups is 1. The molecule has 0 aliphatic carbocycles. The van der Waals surface area contributed by atoms with Crippen LogP contribution in [0.15, 0.2) is 60.7 Å². The van der Waals surface area contributed by atoms with Crippen LogP contribution >= 0.6 is 0 Å². The van der Waals surface area contributed by atoms with E-state index in [1.165, 1.54) is 12.1 Å². The van der Waals surface area contributed by atoms with Crippen LogP contribution in [0.4, 0.5) is 10.3 Å². The fourth-order valence-electron chi connectivity index (χ4n) is 3.07. The number of aromatic nitrogens is 3. The Morgan fingerprint density at radius 2 is 1.85 bits per heavy atom. The van der Waals surface area contributed by atoms with Gasteiger partial charge in [-0.25, -0.2) is 9.07 Å². The molecule has 0 radical (unpaired) electrons. The van der Waals surface area contributed by atoms with Gasteiger partial charge in [0.15, 0.2) is 5.82 Å². The number of fused-ring (bicyclic) bond motifs is 1. The van der Waals surface area contributed by atoms with E-state index < -0.39 is 0 Å². The van der Waals surface area contributed by atoms with Crippen LogP contribution in [0.5, 0.6) is 0 Å². The minimum atomic E-state index is -0.265. The third kappa shape index (κ3) is 3.23. The Balaban J connectivity index is 1.75. The monoisotopic (exact) mass is 350 g/mol. The van der Waals surface area contributed by atoms with Gasteiger partial charge in [-0.2, -0.15) is 10.1 Å². The van der Waals surface area contributed by atoms with Crippen molar-refractivity contribution in [1.82, 2.24) is 14.8 Å². The van der Waals surface area contributed by atoms with E-state index in [4.69, 9.17) is 5.11 Å². The van der Waals surface area contributed by atoms with E-state index >= 15 is 0 Å². The van der Waals surface area contributed by atoms with E-state index in [2.05, 4.69) is 21.5 Å². The third-order valence-electron chi connectivity index (χ3n) is 4.36. The van der Waals surface area contributed by atoms with Crippen molar-refractivity contribution in [2.24, 2.45) is 0 Å². The summed E-state index contributed by atoms with van der Waals surface area (Å²) in [6.45, 7) is 0.110. The lowest BCUT2D eigenvalue weighted by atomic mass is 10.0. The number of hydrogen-bond acceptors (Lipinski definition) is 4. The number of nitrogens with one attached hydrogen (secondary N) is 1. The highest BCUT2D eigenvalue weighted by atomic mass is 19.1. The quantitative estimate of drug-likeness (QED) is 0.740. The number of allylic oxidation sites excluding steroid dienone is 1. The summed E-state index contributed by atoms with van der Waals surface area (Å²) in [4.78, 5) is 4.57. The van der Waals surface area contributed by atoms with E-state index in [9.17, 15) is 4.39 Å². The summed E-state index contributed by atoms with van der Waals surface area (Å²) in [6, 6.07) is 16.3. The van der Waals surface area contributed by atoms with Crippen molar-refractivity contribution < 1.29 is 9.50 Å². The van der Waals surface area contributed by atoms with E-state index in [1.54, 1.807) is 12.1 Å². The van der Waals surface area contributed by atoms with Crippen molar-refractivity contribution in [3.8, 4) is 0 Å². The van der Waals surface area contributed by atoms with Crippen LogP contribution in [0.1, 0.15) is 29.4 Å². The maximum absolute atomic E-state index is 13.3. The first-order valence-corrected chi connectivity index (χ1v) is 8.60. The third-order valence-corrected chi connectivity index (χ3v) is 4.36. The number of hydrogen-bond donors (Lipinski definition) is 2. The molecule has 0 unspecified atom stereocenters. The normalized spacial score (nSPS) is 15.9. The molecule has 132 valence electrons. The average Bonchev–Trinajstić information content (AvgIpc) is 3.09. The van der Waals surface area contributed by atoms with E-state index in [-0.39, 0.29) is 18.5 Å². The van der Waals surface area contributed by atoms with E-state index in [0.29, 0.717) is 24.6 Å². The fourth-order valence-corrected chi connectivity index (χ4v) is 3.07. The van der Waals surface area contributed by atoms with Crippen LogP contribution in [0.2, 0.25) is 0 Å². The molecular weight excluding hydrogens is 331 g/mol. The van der Waals surface area contributed by atoms with Crippen LogP contribution in [-0.4, -0.2) is 26.5 Å². The summed E-state index contributed by atoms with van der Waals surface area (Å²) < 4.78 is 15.1. The molecule has 0 fully saturated rings. The lowest BCUT2D eigenvalue weighted by molar-refractivity contribution is 0.287. The van der Waals surface area contributed by atoms with Crippen LogP contribution in [0, 0.1) is 5.82 Å². The number of aryl methyl sites for hydroxylation is 1. The summed E-state index contributed by atoms with van der Waals surface area (Å²) in [5.74, 6) is 1.07. The van der Waals surface area contributed by atoms with Crippen LogP contribution in [0.3, 0.4) is 0 Å². The van der Waals surface area contributed by atoms with Crippen molar-refractivity contribution in [3.63, 3.8) is 0 Å². The molecule has 4 rings (SSSR count). The predicted molar refractivity (Wildman–Crippen MR) is 98.0 cm³/mol. The molecule has 3 aromatic rings. The molecule has 0 amide bonds. The Hall–Kier alpha value is -2.99. The largest absolute Gasteiger partial charge is 0.396 e. The van der Waals surface area contributed by atoms with E-state index in [0.717, 1.165) is 16.8 Å². The average molecular weight is 350 g/mol. The molecule has 5 nitrogen and oxygen atoms in total. The van der Waals surface area contributed by atoms with Gasteiger partial charge in [0.25, 0.3) is 0 Å². The number of benzene rings is 2. The smallest absolute Gasteiger partial charge is 0.226 e. The second-order valence-electron chi connectivity index (χ2n) is 6.19. The van der Waals surface area contributed by atoms with Gasteiger partial charge in [-0.1, -0.05) is 30.3 Å². The fraction of sp³-hybridized carbons (Fsp3) is 0.200. The lowest BCUT2D eigenvalue weighted by Gasteiger charge is -2.24. The van der Waals surface area contributed by atoms with Gasteiger partial charge in [0.2, 0.25) is 5.95 Å². The number of halogens is 1. The molecule has 1 atom stereocenters. The molecule has 26 heavy (non-hydrogen) atoms. The maximum atomic E-state index is 13.3. The molecule has 0 saturated carbocycles. The molecule has 1 aliphatic rings. The van der Waals surface area contributed by atoms with Gasteiger partial charge in [-0.3, -0.25) is 0 Å². The first-order chi connectivity index (χ1) is 12.7. The Morgan fingerprint density at radius 1 is 1.08 bits per heavy atom. The zero-order chi connectivity index (χ0) is 17.9. The van der Waals surface area contributed by atoms with Gasteiger partial charge in [-0.15, -0.1) is 0 Å². The highest BCUT2D eigenvalue weighted by molar-refractivity contribution is 5.77. The Kier molecular flexibility index (Phi) is 4.50. The predicted octanol–water partition coefficient (Wildman–Crippen LogP) is 3.40. The van der Waals surface area contributed by atoms with Crippen molar-refractivity contribution in [2.45, 2.75) is 18.9 Å². The second kappa shape index (κ2) is 7.09. The molecular formula is C20H19FN4O. The van der Waals surface area contributed by atoms with Gasteiger partial charge < -0.3 is 10.4 Å². The van der Waals surface area contributed by atoms with Crippen molar-refractivity contribution >= 4 is 11.6 Å². The summed E-state index contributed by atoms with van der Waals surface area (Å²) in [7, 11) is 0. The molecule has 6 heteroatoms. The number of anilines is 1. The minimum Gasteiger partial charge on any atom is -0.396 e. The maximum Gasteiger partial charge on any atom is 0.226 e. The topological polar surface area (TPSA) is 63.0 Å². The Labute approximate surface area is 150 Å². The van der Waals surface area contributed by atoms with Crippen LogP contribution < -0.4 is 5.32 Å². The number of rotatable bonds is 5. The molecule has 1 aliphatic heterocycles. The zero-order valence-electron chi connectivity index (χ0n) is 14.1.